The first-order valence-electron chi connectivity index (χ1n) is 5.39. The zero-order valence-electron chi connectivity index (χ0n) is 8.88. The molecule has 0 heterocycles. The zero-order chi connectivity index (χ0) is 10.4. The van der Waals surface area contributed by atoms with Crippen molar-refractivity contribution < 1.29 is 4.79 Å². The van der Waals surface area contributed by atoms with Crippen LogP contribution in [0, 0.1) is 23.7 Å². The Balaban J connectivity index is 2.53. The number of rotatable bonds is 3. The van der Waals surface area contributed by atoms with E-state index in [1.165, 1.54) is 0 Å². The Labute approximate surface area is 86.6 Å². The van der Waals surface area contributed by atoms with Crippen LogP contribution in [0.15, 0.2) is 12.7 Å². The van der Waals surface area contributed by atoms with Gasteiger partial charge in [0.15, 0.2) is 0 Å². The van der Waals surface area contributed by atoms with E-state index >= 15 is 0 Å². The van der Waals surface area contributed by atoms with Gasteiger partial charge in [-0.1, -0.05) is 13.0 Å². The molecular formula is C13H18O. The molecule has 1 heteroatoms. The van der Waals surface area contributed by atoms with Crippen molar-refractivity contribution in [2.45, 2.75) is 39.0 Å². The average Bonchev–Trinajstić information content (AvgIpc) is 2.50. The van der Waals surface area contributed by atoms with E-state index in [2.05, 4.69) is 18.4 Å². The Morgan fingerprint density at radius 3 is 3.00 bits per heavy atom. The van der Waals surface area contributed by atoms with Crippen LogP contribution in [0.5, 0.6) is 0 Å². The maximum absolute atomic E-state index is 11.6. The molecule has 1 rings (SSSR count). The quantitative estimate of drug-likeness (QED) is 0.494. The van der Waals surface area contributed by atoms with Crippen molar-refractivity contribution in [1.82, 2.24) is 0 Å². The summed E-state index contributed by atoms with van der Waals surface area (Å²) >= 11 is 0. The van der Waals surface area contributed by atoms with Crippen LogP contribution in [-0.2, 0) is 4.79 Å². The molecule has 1 aliphatic carbocycles. The number of carbonyl (C=O) groups excluding carboxylic acids is 1. The second kappa shape index (κ2) is 5.65. The molecule has 1 saturated carbocycles. The van der Waals surface area contributed by atoms with E-state index in [1.54, 1.807) is 0 Å². The van der Waals surface area contributed by atoms with Gasteiger partial charge in [-0.05, 0) is 18.8 Å². The molecule has 0 radical (unpaired) electrons. The zero-order valence-corrected chi connectivity index (χ0v) is 8.88. The summed E-state index contributed by atoms with van der Waals surface area (Å²) in [6.07, 6.45) is 6.30. The fourth-order valence-electron chi connectivity index (χ4n) is 2.06. The van der Waals surface area contributed by atoms with E-state index < -0.39 is 0 Å². The second-order valence-corrected chi connectivity index (χ2v) is 3.81. The molecule has 1 aliphatic rings. The molecule has 0 unspecified atom stereocenters. The van der Waals surface area contributed by atoms with E-state index in [-0.39, 0.29) is 5.92 Å². The van der Waals surface area contributed by atoms with Crippen molar-refractivity contribution in [2.24, 2.45) is 11.8 Å². The summed E-state index contributed by atoms with van der Waals surface area (Å²) in [5.41, 5.74) is 0. The molecule has 0 N–H and O–H groups in total. The second-order valence-electron chi connectivity index (χ2n) is 3.81. The highest BCUT2D eigenvalue weighted by Gasteiger charge is 2.32. The molecule has 0 saturated heterocycles. The van der Waals surface area contributed by atoms with Crippen molar-refractivity contribution >= 4 is 5.78 Å². The molecule has 14 heavy (non-hydrogen) atoms. The molecule has 0 aliphatic heterocycles. The van der Waals surface area contributed by atoms with Gasteiger partial charge in [0.2, 0.25) is 0 Å². The minimum Gasteiger partial charge on any atom is -0.299 e. The third-order valence-corrected chi connectivity index (χ3v) is 2.84. The van der Waals surface area contributed by atoms with Gasteiger partial charge in [0.1, 0.15) is 5.78 Å². The van der Waals surface area contributed by atoms with Gasteiger partial charge < -0.3 is 0 Å². The van der Waals surface area contributed by atoms with Crippen LogP contribution in [-0.4, -0.2) is 5.78 Å². The highest BCUT2D eigenvalue weighted by Crippen LogP contribution is 2.33. The number of hydrogen-bond donors (Lipinski definition) is 0. The van der Waals surface area contributed by atoms with E-state index in [1.807, 2.05) is 13.0 Å². The minimum atomic E-state index is 0.187. The largest absolute Gasteiger partial charge is 0.299 e. The highest BCUT2D eigenvalue weighted by molar-refractivity contribution is 5.83. The summed E-state index contributed by atoms with van der Waals surface area (Å²) in [4.78, 5) is 11.6. The van der Waals surface area contributed by atoms with Crippen LogP contribution < -0.4 is 0 Å². The molecular weight excluding hydrogens is 172 g/mol. The molecule has 0 amide bonds. The third-order valence-electron chi connectivity index (χ3n) is 2.84. The Bertz CT molecular complexity index is 267. The van der Waals surface area contributed by atoms with Crippen LogP contribution in [0.1, 0.15) is 39.0 Å². The van der Waals surface area contributed by atoms with E-state index in [0.717, 1.165) is 32.1 Å². The fraction of sp³-hybridized carbons (Fsp3) is 0.615. The lowest BCUT2D eigenvalue weighted by Crippen LogP contribution is -2.13. The van der Waals surface area contributed by atoms with Gasteiger partial charge in [0, 0.05) is 25.2 Å². The average molecular weight is 190 g/mol. The molecule has 76 valence electrons. The number of carbonyl (C=O) groups is 1. The molecule has 2 atom stereocenters. The number of hydrogen-bond acceptors (Lipinski definition) is 1. The normalized spacial score (nSPS) is 25.6. The van der Waals surface area contributed by atoms with Crippen molar-refractivity contribution in [1.29, 1.82) is 0 Å². The van der Waals surface area contributed by atoms with Crippen molar-refractivity contribution in [3.05, 3.63) is 12.7 Å². The monoisotopic (exact) mass is 190 g/mol. The Hall–Kier alpha value is -1.03. The van der Waals surface area contributed by atoms with Gasteiger partial charge >= 0.3 is 0 Å². The Morgan fingerprint density at radius 1 is 1.57 bits per heavy atom. The first-order chi connectivity index (χ1) is 6.79. The first kappa shape index (κ1) is 11.0. The van der Waals surface area contributed by atoms with Crippen molar-refractivity contribution in [3.8, 4) is 11.8 Å². The predicted molar refractivity (Wildman–Crippen MR) is 58.7 cm³/mol. The number of Topliss-reactive ketones (excluding diaryl/α,β-unsaturated/α-hetero) is 1. The minimum absolute atomic E-state index is 0.187. The van der Waals surface area contributed by atoms with Gasteiger partial charge in [-0.3, -0.25) is 4.79 Å². The topological polar surface area (TPSA) is 17.1 Å². The van der Waals surface area contributed by atoms with Gasteiger partial charge in [0.05, 0.1) is 0 Å². The van der Waals surface area contributed by atoms with Gasteiger partial charge in [-0.25, -0.2) is 0 Å². The molecule has 0 spiro atoms. The number of allylic oxidation sites excluding steroid dienone is 1. The lowest BCUT2D eigenvalue weighted by atomic mass is 9.90. The fourth-order valence-corrected chi connectivity index (χ4v) is 2.06. The molecule has 0 aromatic rings. The van der Waals surface area contributed by atoms with Crippen molar-refractivity contribution in [2.75, 3.05) is 0 Å². The summed E-state index contributed by atoms with van der Waals surface area (Å²) < 4.78 is 0. The summed E-state index contributed by atoms with van der Waals surface area (Å²) in [5.74, 6) is 7.22. The lowest BCUT2D eigenvalue weighted by molar-refractivity contribution is -0.121. The van der Waals surface area contributed by atoms with E-state index in [4.69, 9.17) is 0 Å². The van der Waals surface area contributed by atoms with Crippen LogP contribution in [0.3, 0.4) is 0 Å². The van der Waals surface area contributed by atoms with Crippen molar-refractivity contribution in [3.63, 3.8) is 0 Å². The van der Waals surface area contributed by atoms with Crippen LogP contribution >= 0.6 is 0 Å². The van der Waals surface area contributed by atoms with E-state index in [0.29, 0.717) is 11.7 Å². The van der Waals surface area contributed by atoms with Crippen LogP contribution in [0.25, 0.3) is 0 Å². The van der Waals surface area contributed by atoms with Gasteiger partial charge in [-0.15, -0.1) is 18.4 Å². The Morgan fingerprint density at radius 2 is 2.36 bits per heavy atom. The Kier molecular flexibility index (Phi) is 4.46. The molecule has 0 aromatic carbocycles. The molecule has 1 nitrogen and oxygen atoms in total. The summed E-state index contributed by atoms with van der Waals surface area (Å²) in [6.45, 7) is 5.77. The maximum atomic E-state index is 11.6. The number of ketones is 1. The van der Waals surface area contributed by atoms with Gasteiger partial charge in [-0.2, -0.15) is 0 Å². The smallest absolute Gasteiger partial charge is 0.137 e. The highest BCUT2D eigenvalue weighted by atomic mass is 16.1. The lowest BCUT2D eigenvalue weighted by Gasteiger charge is -2.13. The molecule has 0 aromatic heterocycles. The van der Waals surface area contributed by atoms with Crippen LogP contribution in [0.4, 0.5) is 0 Å². The van der Waals surface area contributed by atoms with Crippen LogP contribution in [0.2, 0.25) is 0 Å². The first-order valence-corrected chi connectivity index (χ1v) is 5.39. The molecule has 1 fully saturated rings. The predicted octanol–water partition coefficient (Wildman–Crippen LogP) is 2.96. The summed E-state index contributed by atoms with van der Waals surface area (Å²) in [5, 5.41) is 0. The SMILES string of the molecule is C=CC[C@@H]1CCC(=O)[C@@H]1CC#CCC. The maximum Gasteiger partial charge on any atom is 0.137 e. The summed E-state index contributed by atoms with van der Waals surface area (Å²) in [6, 6.07) is 0. The standard InChI is InChI=1S/C13H18O/c1-3-5-6-8-12-11(7-4-2)9-10-13(12)14/h4,11-12H,2-3,7-10H2,1H3/t11-,12-/m1/s1. The summed E-state index contributed by atoms with van der Waals surface area (Å²) in [7, 11) is 0. The third kappa shape index (κ3) is 2.73. The van der Waals surface area contributed by atoms with E-state index in [9.17, 15) is 4.79 Å². The molecule has 0 bridgehead atoms. The van der Waals surface area contributed by atoms with Gasteiger partial charge in [0.25, 0.3) is 0 Å².